The Labute approximate surface area is 95.8 Å². The molecule has 1 heterocycles. The van der Waals surface area contributed by atoms with Crippen LogP contribution in [0.15, 0.2) is 24.3 Å². The molecule has 16 heavy (non-hydrogen) atoms. The van der Waals surface area contributed by atoms with Crippen LogP contribution in [0.3, 0.4) is 0 Å². The third-order valence-electron chi connectivity index (χ3n) is 3.00. The lowest BCUT2D eigenvalue weighted by atomic mass is 9.96. The number of carbonyl (C=O) groups is 1. The van der Waals surface area contributed by atoms with Gasteiger partial charge in [-0.05, 0) is 43.7 Å². The fourth-order valence-corrected chi connectivity index (χ4v) is 2.03. The predicted octanol–water partition coefficient (Wildman–Crippen LogP) is 2.02. The van der Waals surface area contributed by atoms with Crippen molar-refractivity contribution in [3.05, 3.63) is 29.8 Å². The number of hydrogen-bond donors (Lipinski definition) is 1. The fraction of sp³-hybridized carbons (Fsp3) is 0.462. The van der Waals surface area contributed by atoms with E-state index in [0.29, 0.717) is 0 Å². The van der Waals surface area contributed by atoms with Crippen LogP contribution >= 0.6 is 0 Å². The second kappa shape index (κ2) is 5.12. The molecule has 1 aliphatic heterocycles. The fourth-order valence-electron chi connectivity index (χ4n) is 2.03. The summed E-state index contributed by atoms with van der Waals surface area (Å²) in [5, 5.41) is 3.27. The summed E-state index contributed by atoms with van der Waals surface area (Å²) in [5.74, 6) is 0.982. The van der Waals surface area contributed by atoms with Gasteiger partial charge in [-0.1, -0.05) is 6.42 Å². The highest BCUT2D eigenvalue weighted by molar-refractivity contribution is 6.00. The Balaban J connectivity index is 2.07. The van der Waals surface area contributed by atoms with E-state index in [-0.39, 0.29) is 11.8 Å². The zero-order valence-corrected chi connectivity index (χ0v) is 9.53. The number of nitrogens with one attached hydrogen (secondary N) is 1. The van der Waals surface area contributed by atoms with E-state index < -0.39 is 0 Å². The van der Waals surface area contributed by atoms with Crippen molar-refractivity contribution in [2.75, 3.05) is 13.7 Å². The quantitative estimate of drug-likeness (QED) is 0.790. The van der Waals surface area contributed by atoms with E-state index >= 15 is 0 Å². The molecule has 0 saturated carbocycles. The van der Waals surface area contributed by atoms with Gasteiger partial charge in [0.15, 0.2) is 5.78 Å². The summed E-state index contributed by atoms with van der Waals surface area (Å²) in [5.41, 5.74) is 0.764. The Kier molecular flexibility index (Phi) is 3.57. The van der Waals surface area contributed by atoms with Crippen molar-refractivity contribution in [2.24, 2.45) is 0 Å². The summed E-state index contributed by atoms with van der Waals surface area (Å²) in [6.07, 6.45) is 3.26. The molecule has 0 bridgehead atoms. The largest absolute Gasteiger partial charge is 0.497 e. The second-order valence-electron chi connectivity index (χ2n) is 4.10. The van der Waals surface area contributed by atoms with Crippen LogP contribution in [-0.2, 0) is 0 Å². The molecule has 1 N–H and O–H groups in total. The van der Waals surface area contributed by atoms with Crippen LogP contribution in [0.25, 0.3) is 0 Å². The number of ether oxygens (including phenoxy) is 1. The molecule has 0 spiro atoms. The van der Waals surface area contributed by atoms with Crippen LogP contribution in [-0.4, -0.2) is 25.5 Å². The maximum absolute atomic E-state index is 12.1. The molecule has 0 radical (unpaired) electrons. The Hall–Kier alpha value is -1.35. The number of carbonyl (C=O) groups excluding carboxylic acids is 1. The molecule has 1 saturated heterocycles. The van der Waals surface area contributed by atoms with Crippen LogP contribution in [0.5, 0.6) is 5.75 Å². The molecule has 2 rings (SSSR count). The number of piperidine rings is 1. The van der Waals surface area contributed by atoms with E-state index in [0.717, 1.165) is 30.7 Å². The van der Waals surface area contributed by atoms with Gasteiger partial charge in [0.2, 0.25) is 0 Å². The van der Waals surface area contributed by atoms with Gasteiger partial charge in [0, 0.05) is 5.56 Å². The first-order valence-electron chi connectivity index (χ1n) is 5.73. The van der Waals surface area contributed by atoms with Crippen LogP contribution in [0, 0.1) is 0 Å². The molecule has 0 aromatic heterocycles. The van der Waals surface area contributed by atoms with Gasteiger partial charge in [-0.15, -0.1) is 0 Å². The van der Waals surface area contributed by atoms with E-state index in [9.17, 15) is 4.79 Å². The average molecular weight is 219 g/mol. The minimum atomic E-state index is 0.00199. The van der Waals surface area contributed by atoms with Crippen molar-refractivity contribution >= 4 is 5.78 Å². The van der Waals surface area contributed by atoms with E-state index in [4.69, 9.17) is 4.74 Å². The van der Waals surface area contributed by atoms with Gasteiger partial charge in [-0.3, -0.25) is 4.79 Å². The van der Waals surface area contributed by atoms with Gasteiger partial charge in [0.05, 0.1) is 13.2 Å². The number of Topliss-reactive ketones (excluding diaryl/α,β-unsaturated/α-hetero) is 1. The first-order valence-corrected chi connectivity index (χ1v) is 5.73. The Bertz CT molecular complexity index is 353. The van der Waals surface area contributed by atoms with Crippen molar-refractivity contribution in [1.82, 2.24) is 5.32 Å². The van der Waals surface area contributed by atoms with Crippen molar-refractivity contribution in [3.8, 4) is 5.75 Å². The second-order valence-corrected chi connectivity index (χ2v) is 4.10. The molecule has 86 valence electrons. The summed E-state index contributed by atoms with van der Waals surface area (Å²) >= 11 is 0. The molecular formula is C13H17NO2. The summed E-state index contributed by atoms with van der Waals surface area (Å²) in [6.45, 7) is 0.951. The zero-order valence-electron chi connectivity index (χ0n) is 9.53. The van der Waals surface area contributed by atoms with Crippen molar-refractivity contribution in [1.29, 1.82) is 0 Å². The Morgan fingerprint density at radius 1 is 1.31 bits per heavy atom. The van der Waals surface area contributed by atoms with Gasteiger partial charge in [0.25, 0.3) is 0 Å². The van der Waals surface area contributed by atoms with Crippen LogP contribution < -0.4 is 10.1 Å². The highest BCUT2D eigenvalue weighted by atomic mass is 16.5. The SMILES string of the molecule is COc1ccc(C(=O)C2CCCCN2)cc1. The third-order valence-corrected chi connectivity index (χ3v) is 3.00. The average Bonchev–Trinajstić information content (AvgIpc) is 2.39. The van der Waals surface area contributed by atoms with Crippen LogP contribution in [0.1, 0.15) is 29.6 Å². The summed E-state index contributed by atoms with van der Waals surface area (Å²) in [6, 6.07) is 7.32. The van der Waals surface area contributed by atoms with Gasteiger partial charge in [0.1, 0.15) is 5.75 Å². The van der Waals surface area contributed by atoms with Gasteiger partial charge in [-0.2, -0.15) is 0 Å². The zero-order chi connectivity index (χ0) is 11.4. The number of ketones is 1. The molecule has 0 amide bonds. The normalized spacial score (nSPS) is 20.4. The van der Waals surface area contributed by atoms with Gasteiger partial charge < -0.3 is 10.1 Å². The van der Waals surface area contributed by atoms with Crippen LogP contribution in [0.4, 0.5) is 0 Å². The first-order chi connectivity index (χ1) is 7.81. The molecule has 0 aliphatic carbocycles. The topological polar surface area (TPSA) is 38.3 Å². The lowest BCUT2D eigenvalue weighted by molar-refractivity contribution is 0.0927. The summed E-state index contributed by atoms with van der Waals surface area (Å²) < 4.78 is 5.07. The Morgan fingerprint density at radius 2 is 2.06 bits per heavy atom. The molecule has 1 aromatic rings. The monoisotopic (exact) mass is 219 g/mol. The lowest BCUT2D eigenvalue weighted by Gasteiger charge is -2.22. The Morgan fingerprint density at radius 3 is 2.62 bits per heavy atom. The molecule has 3 nitrogen and oxygen atoms in total. The van der Waals surface area contributed by atoms with Crippen molar-refractivity contribution in [3.63, 3.8) is 0 Å². The first kappa shape index (κ1) is 11.1. The molecular weight excluding hydrogens is 202 g/mol. The maximum atomic E-state index is 12.1. The number of rotatable bonds is 3. The third kappa shape index (κ3) is 2.42. The minimum absolute atomic E-state index is 0.00199. The summed E-state index contributed by atoms with van der Waals surface area (Å²) in [4.78, 5) is 12.1. The van der Waals surface area contributed by atoms with Crippen molar-refractivity contribution < 1.29 is 9.53 Å². The summed E-state index contributed by atoms with van der Waals surface area (Å²) in [7, 11) is 1.62. The van der Waals surface area contributed by atoms with Gasteiger partial charge >= 0.3 is 0 Å². The lowest BCUT2D eigenvalue weighted by Crippen LogP contribution is -2.40. The number of benzene rings is 1. The highest BCUT2D eigenvalue weighted by Gasteiger charge is 2.21. The van der Waals surface area contributed by atoms with E-state index in [1.165, 1.54) is 6.42 Å². The maximum Gasteiger partial charge on any atom is 0.179 e. The molecule has 1 fully saturated rings. The van der Waals surface area contributed by atoms with E-state index in [1.54, 1.807) is 7.11 Å². The molecule has 1 unspecified atom stereocenters. The predicted molar refractivity (Wildman–Crippen MR) is 63.0 cm³/mol. The standard InChI is InChI=1S/C13H17NO2/c1-16-11-7-5-10(6-8-11)13(15)12-4-2-3-9-14-12/h5-8,12,14H,2-4,9H2,1H3. The highest BCUT2D eigenvalue weighted by Crippen LogP contribution is 2.16. The van der Waals surface area contributed by atoms with Gasteiger partial charge in [-0.25, -0.2) is 0 Å². The molecule has 1 atom stereocenters. The van der Waals surface area contributed by atoms with E-state index in [1.807, 2.05) is 24.3 Å². The minimum Gasteiger partial charge on any atom is -0.497 e. The van der Waals surface area contributed by atoms with Crippen LogP contribution in [0.2, 0.25) is 0 Å². The molecule has 1 aromatic carbocycles. The molecule has 3 heteroatoms. The number of methoxy groups -OCH3 is 1. The molecule has 1 aliphatic rings. The van der Waals surface area contributed by atoms with Crippen molar-refractivity contribution in [2.45, 2.75) is 25.3 Å². The number of hydrogen-bond acceptors (Lipinski definition) is 3. The smallest absolute Gasteiger partial charge is 0.179 e. The van der Waals surface area contributed by atoms with E-state index in [2.05, 4.69) is 5.32 Å².